The SMILES string of the molecule is CC1=CC[C@H]2[C@](C)(CO)[C@@H](O)CC[C@]2(C)C1=O. The number of hydrogen-bond donors (Lipinski definition) is 2. The fraction of sp³-hybridized carbons (Fsp3) is 0.786. The molecule has 0 aromatic heterocycles. The minimum absolute atomic E-state index is 0.0416. The molecule has 3 nitrogen and oxygen atoms in total. The number of carbonyl (C=O) groups excluding carboxylic acids is 1. The number of Topliss-reactive ketones (excluding diaryl/α,β-unsaturated/α-hetero) is 1. The van der Waals surface area contributed by atoms with Gasteiger partial charge in [0.15, 0.2) is 5.78 Å². The van der Waals surface area contributed by atoms with Crippen molar-refractivity contribution in [1.82, 2.24) is 0 Å². The van der Waals surface area contributed by atoms with Crippen molar-refractivity contribution in [3.63, 3.8) is 0 Å². The summed E-state index contributed by atoms with van der Waals surface area (Å²) in [5, 5.41) is 19.8. The van der Waals surface area contributed by atoms with E-state index >= 15 is 0 Å². The monoisotopic (exact) mass is 238 g/mol. The van der Waals surface area contributed by atoms with E-state index in [0.29, 0.717) is 6.42 Å². The van der Waals surface area contributed by atoms with Crippen LogP contribution in [0.4, 0.5) is 0 Å². The molecule has 3 heteroatoms. The molecular formula is C14H22O3. The van der Waals surface area contributed by atoms with Crippen LogP contribution < -0.4 is 0 Å². The third-order valence-corrected chi connectivity index (χ3v) is 5.14. The molecule has 17 heavy (non-hydrogen) atoms. The van der Waals surface area contributed by atoms with Gasteiger partial charge in [-0.3, -0.25) is 4.79 Å². The second-order valence-corrected chi connectivity index (χ2v) is 6.14. The Morgan fingerprint density at radius 1 is 1.47 bits per heavy atom. The van der Waals surface area contributed by atoms with E-state index in [1.165, 1.54) is 0 Å². The molecule has 2 rings (SSSR count). The van der Waals surface area contributed by atoms with Crippen LogP contribution in [0.25, 0.3) is 0 Å². The number of aliphatic hydroxyl groups is 2. The van der Waals surface area contributed by atoms with E-state index in [0.717, 1.165) is 18.4 Å². The van der Waals surface area contributed by atoms with Crippen molar-refractivity contribution >= 4 is 5.78 Å². The molecule has 0 aromatic rings. The molecule has 2 aliphatic carbocycles. The van der Waals surface area contributed by atoms with Crippen molar-refractivity contribution in [2.75, 3.05) is 6.61 Å². The highest BCUT2D eigenvalue weighted by Gasteiger charge is 2.56. The molecule has 0 saturated heterocycles. The van der Waals surface area contributed by atoms with Gasteiger partial charge in [0.2, 0.25) is 0 Å². The zero-order valence-corrected chi connectivity index (χ0v) is 10.9. The van der Waals surface area contributed by atoms with E-state index in [2.05, 4.69) is 0 Å². The summed E-state index contributed by atoms with van der Waals surface area (Å²) in [6.45, 7) is 5.71. The van der Waals surface area contributed by atoms with Crippen LogP contribution in [0.5, 0.6) is 0 Å². The van der Waals surface area contributed by atoms with Crippen molar-refractivity contribution in [3.05, 3.63) is 11.6 Å². The molecule has 1 fully saturated rings. The number of carbonyl (C=O) groups is 1. The lowest BCUT2D eigenvalue weighted by Crippen LogP contribution is -2.57. The number of rotatable bonds is 1. The van der Waals surface area contributed by atoms with Crippen LogP contribution in [0.15, 0.2) is 11.6 Å². The predicted molar refractivity (Wildman–Crippen MR) is 65.4 cm³/mol. The lowest BCUT2D eigenvalue weighted by atomic mass is 9.50. The summed E-state index contributed by atoms with van der Waals surface area (Å²) in [5.41, 5.74) is -0.129. The van der Waals surface area contributed by atoms with Gasteiger partial charge < -0.3 is 10.2 Å². The highest BCUT2D eigenvalue weighted by molar-refractivity contribution is 6.00. The van der Waals surface area contributed by atoms with Crippen molar-refractivity contribution < 1.29 is 15.0 Å². The number of hydrogen-bond acceptors (Lipinski definition) is 3. The van der Waals surface area contributed by atoms with Crippen LogP contribution in [0.3, 0.4) is 0 Å². The van der Waals surface area contributed by atoms with Crippen molar-refractivity contribution in [3.8, 4) is 0 Å². The van der Waals surface area contributed by atoms with Crippen LogP contribution in [0.1, 0.15) is 40.0 Å². The zero-order chi connectivity index (χ0) is 12.8. The molecule has 0 aromatic carbocycles. The van der Waals surface area contributed by atoms with E-state index in [1.54, 1.807) is 0 Å². The summed E-state index contributed by atoms with van der Waals surface area (Å²) in [7, 11) is 0. The third kappa shape index (κ3) is 1.59. The molecule has 96 valence electrons. The Kier molecular flexibility index (Phi) is 2.95. The normalized spacial score (nSPS) is 46.4. The van der Waals surface area contributed by atoms with Gasteiger partial charge >= 0.3 is 0 Å². The highest BCUT2D eigenvalue weighted by Crippen LogP contribution is 2.55. The Morgan fingerprint density at radius 3 is 2.71 bits per heavy atom. The molecule has 4 atom stereocenters. The van der Waals surface area contributed by atoms with Crippen LogP contribution >= 0.6 is 0 Å². The first-order chi connectivity index (χ1) is 7.86. The quantitative estimate of drug-likeness (QED) is 0.730. The standard InChI is InChI=1S/C14H22O3/c1-9-4-5-10-13(2,12(9)17)7-6-11(16)14(10,3)8-15/h4,10-11,15-16H,5-8H2,1-3H3/t10-,11+,13+,14+/m1/s1. The molecular weight excluding hydrogens is 216 g/mol. The van der Waals surface area contributed by atoms with Crippen LogP contribution in [0, 0.1) is 16.7 Å². The maximum Gasteiger partial charge on any atom is 0.164 e. The Labute approximate surface area is 103 Å². The van der Waals surface area contributed by atoms with Gasteiger partial charge in [-0.1, -0.05) is 19.9 Å². The summed E-state index contributed by atoms with van der Waals surface area (Å²) in [4.78, 5) is 12.4. The van der Waals surface area contributed by atoms with Gasteiger partial charge in [0, 0.05) is 10.8 Å². The summed E-state index contributed by atoms with van der Waals surface area (Å²) in [5.74, 6) is 0.236. The van der Waals surface area contributed by atoms with Gasteiger partial charge in [-0.25, -0.2) is 0 Å². The smallest absolute Gasteiger partial charge is 0.164 e. The van der Waals surface area contributed by atoms with Crippen molar-refractivity contribution in [1.29, 1.82) is 0 Å². The number of allylic oxidation sites excluding steroid dienone is 2. The van der Waals surface area contributed by atoms with E-state index in [-0.39, 0.29) is 18.3 Å². The van der Waals surface area contributed by atoms with Crippen molar-refractivity contribution in [2.45, 2.75) is 46.1 Å². The number of fused-ring (bicyclic) bond motifs is 1. The minimum Gasteiger partial charge on any atom is -0.396 e. The van der Waals surface area contributed by atoms with Crippen molar-refractivity contribution in [2.24, 2.45) is 16.7 Å². The van der Waals surface area contributed by atoms with E-state index in [1.807, 2.05) is 26.8 Å². The molecule has 0 radical (unpaired) electrons. The van der Waals surface area contributed by atoms with Gasteiger partial charge in [-0.2, -0.15) is 0 Å². The fourth-order valence-corrected chi connectivity index (χ4v) is 3.75. The maximum absolute atomic E-state index is 12.4. The van der Waals surface area contributed by atoms with Crippen LogP contribution in [0.2, 0.25) is 0 Å². The fourth-order valence-electron chi connectivity index (χ4n) is 3.75. The van der Waals surface area contributed by atoms with Gasteiger partial charge in [0.25, 0.3) is 0 Å². The second kappa shape index (κ2) is 3.92. The molecule has 0 heterocycles. The lowest BCUT2D eigenvalue weighted by Gasteiger charge is -2.54. The largest absolute Gasteiger partial charge is 0.396 e. The van der Waals surface area contributed by atoms with E-state index in [4.69, 9.17) is 0 Å². The maximum atomic E-state index is 12.4. The van der Waals surface area contributed by atoms with E-state index < -0.39 is 16.9 Å². The van der Waals surface area contributed by atoms with Gasteiger partial charge in [-0.15, -0.1) is 0 Å². The molecule has 2 aliphatic rings. The molecule has 0 aliphatic heterocycles. The number of ketones is 1. The van der Waals surface area contributed by atoms with E-state index in [9.17, 15) is 15.0 Å². The Bertz CT molecular complexity index is 374. The average molecular weight is 238 g/mol. The molecule has 1 saturated carbocycles. The molecule has 0 spiro atoms. The third-order valence-electron chi connectivity index (χ3n) is 5.14. The molecule has 2 N–H and O–H groups in total. The number of aliphatic hydroxyl groups excluding tert-OH is 2. The summed E-state index contributed by atoms with van der Waals surface area (Å²) in [6.07, 6.45) is 3.55. The summed E-state index contributed by atoms with van der Waals surface area (Å²) < 4.78 is 0. The van der Waals surface area contributed by atoms with Crippen LogP contribution in [-0.4, -0.2) is 28.7 Å². The Hall–Kier alpha value is -0.670. The zero-order valence-electron chi connectivity index (χ0n) is 10.9. The van der Waals surface area contributed by atoms with Crippen LogP contribution in [-0.2, 0) is 4.79 Å². The summed E-state index contributed by atoms with van der Waals surface area (Å²) >= 11 is 0. The first-order valence-electron chi connectivity index (χ1n) is 6.37. The minimum atomic E-state index is -0.556. The second-order valence-electron chi connectivity index (χ2n) is 6.14. The topological polar surface area (TPSA) is 57.5 Å². The van der Waals surface area contributed by atoms with Gasteiger partial charge in [-0.05, 0) is 37.7 Å². The first kappa shape index (κ1) is 12.8. The predicted octanol–water partition coefficient (Wildman–Crippen LogP) is 1.68. The Balaban J connectivity index is 2.46. The average Bonchev–Trinajstić information content (AvgIpc) is 2.31. The van der Waals surface area contributed by atoms with Gasteiger partial charge in [0.05, 0.1) is 12.7 Å². The lowest BCUT2D eigenvalue weighted by molar-refractivity contribution is -0.154. The first-order valence-corrected chi connectivity index (χ1v) is 6.37. The Morgan fingerprint density at radius 2 is 2.12 bits per heavy atom. The summed E-state index contributed by atoms with van der Waals surface area (Å²) in [6, 6.07) is 0. The highest BCUT2D eigenvalue weighted by atomic mass is 16.3. The molecule has 0 bridgehead atoms. The van der Waals surface area contributed by atoms with Gasteiger partial charge in [0.1, 0.15) is 0 Å². The molecule has 0 unspecified atom stereocenters. The molecule has 0 amide bonds.